The molecule has 2 heteroatoms. The Kier molecular flexibility index (Phi) is 26.9. The Labute approximate surface area is 198 Å². The SMILES string of the molecule is C/C=C\C.C=C/C=C(\C=C)C(N=C)=NC(=C)/C(=C/C=C\C)CC.CC.Cc1ccccc1. The lowest BCUT2D eigenvalue weighted by atomic mass is 10.1. The molecule has 0 aromatic heterocycles. The molecule has 0 heterocycles. The molecule has 0 radical (unpaired) electrons. The summed E-state index contributed by atoms with van der Waals surface area (Å²) in [7, 11) is 0. The molecule has 1 aromatic rings. The van der Waals surface area contributed by atoms with Crippen LogP contribution in [0.2, 0.25) is 0 Å². The summed E-state index contributed by atoms with van der Waals surface area (Å²) in [5.41, 5.74) is 3.83. The van der Waals surface area contributed by atoms with Gasteiger partial charge in [-0.05, 0) is 46.4 Å². The topological polar surface area (TPSA) is 24.7 Å². The lowest BCUT2D eigenvalue weighted by Crippen LogP contribution is -1.98. The van der Waals surface area contributed by atoms with Gasteiger partial charge in [0.25, 0.3) is 0 Å². The number of hydrogen-bond donors (Lipinski definition) is 0. The van der Waals surface area contributed by atoms with Gasteiger partial charge in [-0.3, -0.25) is 0 Å². The molecule has 0 spiro atoms. The van der Waals surface area contributed by atoms with Crippen molar-refractivity contribution in [3.63, 3.8) is 0 Å². The first kappa shape index (κ1) is 33.4. The predicted octanol–water partition coefficient (Wildman–Crippen LogP) is 9.41. The molecule has 0 aliphatic rings. The van der Waals surface area contributed by atoms with Gasteiger partial charge < -0.3 is 0 Å². The number of allylic oxidation sites excluding steroid dienone is 8. The van der Waals surface area contributed by atoms with Gasteiger partial charge in [0.05, 0.1) is 5.70 Å². The first-order valence-corrected chi connectivity index (χ1v) is 11.1. The van der Waals surface area contributed by atoms with Crippen LogP contribution >= 0.6 is 0 Å². The maximum absolute atomic E-state index is 4.41. The Bertz CT molecular complexity index is 781. The van der Waals surface area contributed by atoms with Crippen molar-refractivity contribution in [2.45, 2.75) is 54.9 Å². The van der Waals surface area contributed by atoms with Crippen LogP contribution in [0, 0.1) is 6.92 Å². The molecule has 0 aliphatic carbocycles. The van der Waals surface area contributed by atoms with Gasteiger partial charge in [0.15, 0.2) is 5.84 Å². The monoisotopic (exact) mass is 432 g/mol. The quantitative estimate of drug-likeness (QED) is 0.177. The van der Waals surface area contributed by atoms with E-state index < -0.39 is 0 Å². The minimum Gasteiger partial charge on any atom is -0.245 e. The highest BCUT2D eigenvalue weighted by Gasteiger charge is 2.04. The van der Waals surface area contributed by atoms with Crippen LogP contribution in [-0.2, 0) is 0 Å². The smallest absolute Gasteiger partial charge is 0.159 e. The molecule has 2 nitrogen and oxygen atoms in total. The van der Waals surface area contributed by atoms with Crippen molar-refractivity contribution in [1.29, 1.82) is 0 Å². The van der Waals surface area contributed by atoms with E-state index in [4.69, 9.17) is 0 Å². The van der Waals surface area contributed by atoms with Gasteiger partial charge in [-0.1, -0.05) is 125 Å². The van der Waals surface area contributed by atoms with Gasteiger partial charge in [-0.2, -0.15) is 0 Å². The molecular formula is C30H44N2. The van der Waals surface area contributed by atoms with Crippen LogP contribution in [0.3, 0.4) is 0 Å². The Morgan fingerprint density at radius 1 is 0.938 bits per heavy atom. The molecule has 174 valence electrons. The summed E-state index contributed by atoms with van der Waals surface area (Å²) < 4.78 is 0. The standard InChI is InChI=1S/C17H22N2.C7H8.C4H8.C2H6/c1-7-11-13-15(9-3)14(5)19-17(18-6)16(10-4)12-8-2;1-7-5-3-2-4-6-7;1-3-4-2;1-2/h7-8,10-13H,2,4-6,9H2,1,3H3;2-6H,1H3;3-4H,1-2H3;1-2H3/b11-7-,15-13+,16-12+,19-17?;;4-3-;. The molecule has 0 atom stereocenters. The highest BCUT2D eigenvalue weighted by Crippen LogP contribution is 2.16. The summed E-state index contributed by atoms with van der Waals surface area (Å²) in [4.78, 5) is 8.33. The molecular weight excluding hydrogens is 388 g/mol. The summed E-state index contributed by atoms with van der Waals surface area (Å²) in [6, 6.07) is 10.3. The van der Waals surface area contributed by atoms with Gasteiger partial charge in [0.2, 0.25) is 0 Å². The second kappa shape index (κ2) is 25.8. The van der Waals surface area contributed by atoms with Crippen molar-refractivity contribution in [2.75, 3.05) is 0 Å². The van der Waals surface area contributed by atoms with Crippen LogP contribution in [0.25, 0.3) is 0 Å². The van der Waals surface area contributed by atoms with Crippen LogP contribution in [0.5, 0.6) is 0 Å². The third-order valence-corrected chi connectivity index (χ3v) is 3.68. The zero-order valence-electron chi connectivity index (χ0n) is 21.4. The van der Waals surface area contributed by atoms with Crippen LogP contribution in [0.1, 0.15) is 53.5 Å². The summed E-state index contributed by atoms with van der Waals surface area (Å²) in [6.45, 7) is 29.0. The Hall–Kier alpha value is -3.26. The number of rotatable bonds is 7. The normalized spacial score (nSPS) is 11.3. The number of benzene rings is 1. The fourth-order valence-corrected chi connectivity index (χ4v) is 1.92. The highest BCUT2D eigenvalue weighted by atomic mass is 14.9. The lowest BCUT2D eigenvalue weighted by Gasteiger charge is -2.06. The van der Waals surface area contributed by atoms with E-state index in [9.17, 15) is 0 Å². The van der Waals surface area contributed by atoms with E-state index in [0.29, 0.717) is 11.5 Å². The molecule has 0 saturated carbocycles. The van der Waals surface area contributed by atoms with Crippen molar-refractivity contribution < 1.29 is 0 Å². The summed E-state index contributed by atoms with van der Waals surface area (Å²) in [6.07, 6.45) is 15.9. The van der Waals surface area contributed by atoms with Crippen molar-refractivity contribution >= 4 is 12.6 Å². The molecule has 0 aliphatic heterocycles. The number of aryl methyl sites for hydroxylation is 1. The molecule has 0 fully saturated rings. The minimum atomic E-state index is 0.500. The van der Waals surface area contributed by atoms with Crippen LogP contribution in [0.4, 0.5) is 0 Å². The first-order valence-electron chi connectivity index (χ1n) is 11.1. The molecule has 0 saturated heterocycles. The Morgan fingerprint density at radius 2 is 1.50 bits per heavy atom. The van der Waals surface area contributed by atoms with Crippen LogP contribution in [0.15, 0.2) is 126 Å². The average Bonchev–Trinajstić information content (AvgIpc) is 2.84. The van der Waals surface area contributed by atoms with E-state index in [-0.39, 0.29) is 0 Å². The van der Waals surface area contributed by atoms with E-state index in [1.807, 2.05) is 83.2 Å². The van der Waals surface area contributed by atoms with E-state index in [1.54, 1.807) is 18.2 Å². The van der Waals surface area contributed by atoms with Gasteiger partial charge in [-0.15, -0.1) is 0 Å². The minimum absolute atomic E-state index is 0.500. The Balaban J connectivity index is -0.000000523. The van der Waals surface area contributed by atoms with Gasteiger partial charge in [0.1, 0.15) is 0 Å². The van der Waals surface area contributed by atoms with Crippen LogP contribution in [-0.4, -0.2) is 12.6 Å². The predicted molar refractivity (Wildman–Crippen MR) is 151 cm³/mol. The molecule has 1 rings (SSSR count). The summed E-state index contributed by atoms with van der Waals surface area (Å²) in [5.74, 6) is 0.500. The van der Waals surface area contributed by atoms with Crippen molar-refractivity contribution in [1.82, 2.24) is 0 Å². The maximum atomic E-state index is 4.41. The van der Waals surface area contributed by atoms with Gasteiger partial charge >= 0.3 is 0 Å². The number of hydrogen-bond acceptors (Lipinski definition) is 1. The third-order valence-electron chi connectivity index (χ3n) is 3.68. The second-order valence-corrected chi connectivity index (χ2v) is 5.99. The summed E-state index contributed by atoms with van der Waals surface area (Å²) in [5, 5.41) is 0. The summed E-state index contributed by atoms with van der Waals surface area (Å²) >= 11 is 0. The average molecular weight is 433 g/mol. The van der Waals surface area contributed by atoms with Crippen LogP contribution < -0.4 is 0 Å². The van der Waals surface area contributed by atoms with Gasteiger partial charge in [0, 0.05) is 5.57 Å². The fourth-order valence-electron chi connectivity index (χ4n) is 1.92. The van der Waals surface area contributed by atoms with E-state index >= 15 is 0 Å². The molecule has 1 aromatic carbocycles. The zero-order chi connectivity index (χ0) is 25.2. The van der Waals surface area contributed by atoms with Crippen molar-refractivity contribution in [3.05, 3.63) is 121 Å². The Morgan fingerprint density at radius 3 is 1.81 bits per heavy atom. The molecule has 0 N–H and O–H groups in total. The number of amidine groups is 1. The highest BCUT2D eigenvalue weighted by molar-refractivity contribution is 6.04. The van der Waals surface area contributed by atoms with E-state index in [2.05, 4.69) is 62.4 Å². The first-order chi connectivity index (χ1) is 15.4. The molecule has 0 unspecified atom stereocenters. The third kappa shape index (κ3) is 18.7. The van der Waals surface area contributed by atoms with Gasteiger partial charge in [-0.25, -0.2) is 9.98 Å². The second-order valence-electron chi connectivity index (χ2n) is 5.99. The molecule has 32 heavy (non-hydrogen) atoms. The van der Waals surface area contributed by atoms with E-state index in [1.165, 1.54) is 5.56 Å². The molecule has 0 bridgehead atoms. The van der Waals surface area contributed by atoms with E-state index in [0.717, 1.165) is 17.6 Å². The zero-order valence-corrected chi connectivity index (χ0v) is 21.4. The lowest BCUT2D eigenvalue weighted by molar-refractivity contribution is 1.09. The maximum Gasteiger partial charge on any atom is 0.159 e. The fraction of sp³-hybridized carbons (Fsp3) is 0.267. The largest absolute Gasteiger partial charge is 0.245 e. The number of aliphatic imine (C=N–C) groups is 2. The molecule has 0 amide bonds. The van der Waals surface area contributed by atoms with Crippen molar-refractivity contribution in [2.24, 2.45) is 9.98 Å². The number of nitrogens with zero attached hydrogens (tertiary/aromatic N) is 2. The van der Waals surface area contributed by atoms with Crippen molar-refractivity contribution in [3.8, 4) is 0 Å².